The van der Waals surface area contributed by atoms with Crippen molar-refractivity contribution in [1.29, 1.82) is 0 Å². The number of benzene rings is 1. The second-order valence-electron chi connectivity index (χ2n) is 5.03. The molecule has 0 bridgehead atoms. The quantitative estimate of drug-likeness (QED) is 0.862. The van der Waals surface area contributed by atoms with Crippen LogP contribution in [-0.2, 0) is 17.8 Å². The Kier molecular flexibility index (Phi) is 4.21. The van der Waals surface area contributed by atoms with E-state index in [1.807, 2.05) is 6.07 Å². The van der Waals surface area contributed by atoms with Crippen molar-refractivity contribution in [3.05, 3.63) is 27.7 Å². The van der Waals surface area contributed by atoms with Crippen LogP contribution in [0.3, 0.4) is 0 Å². The van der Waals surface area contributed by atoms with Gasteiger partial charge in [-0.25, -0.2) is 0 Å². The van der Waals surface area contributed by atoms with Gasteiger partial charge in [-0.2, -0.15) is 13.2 Å². The fourth-order valence-corrected chi connectivity index (χ4v) is 2.52. The van der Waals surface area contributed by atoms with Gasteiger partial charge in [0.2, 0.25) is 5.91 Å². The summed E-state index contributed by atoms with van der Waals surface area (Å²) in [4.78, 5) is 11.7. The maximum Gasteiger partial charge on any atom is 0.415 e. The summed E-state index contributed by atoms with van der Waals surface area (Å²) in [5, 5.41) is 2.22. The molecule has 1 aromatic carbocycles. The van der Waals surface area contributed by atoms with Gasteiger partial charge in [-0.05, 0) is 24.6 Å². The van der Waals surface area contributed by atoms with E-state index in [2.05, 4.69) is 21.2 Å². The zero-order chi connectivity index (χ0) is 15.8. The minimum atomic E-state index is -4.81. The van der Waals surface area contributed by atoms with Crippen LogP contribution in [0.2, 0.25) is 0 Å². The second-order valence-corrected chi connectivity index (χ2v) is 5.95. The molecule has 0 spiro atoms. The lowest BCUT2D eigenvalue weighted by molar-refractivity contribution is -0.187. The van der Waals surface area contributed by atoms with E-state index >= 15 is 0 Å². The van der Waals surface area contributed by atoms with E-state index in [4.69, 9.17) is 10.5 Å². The van der Waals surface area contributed by atoms with Gasteiger partial charge >= 0.3 is 6.18 Å². The monoisotopic (exact) mass is 366 g/mol. The zero-order valence-electron chi connectivity index (χ0n) is 11.2. The summed E-state index contributed by atoms with van der Waals surface area (Å²) in [5.74, 6) is -0.661. The number of halogens is 4. The zero-order valence-corrected chi connectivity index (χ0v) is 12.8. The van der Waals surface area contributed by atoms with Gasteiger partial charge in [0, 0.05) is 23.0 Å². The Hall–Kier alpha value is -1.28. The summed E-state index contributed by atoms with van der Waals surface area (Å²) in [6.07, 6.45) is -4.08. The molecule has 1 amide bonds. The summed E-state index contributed by atoms with van der Waals surface area (Å²) in [5.41, 5.74) is 3.71. The van der Waals surface area contributed by atoms with E-state index in [1.165, 1.54) is 0 Å². The molecule has 3 N–H and O–H groups in total. The Morgan fingerprint density at radius 3 is 2.76 bits per heavy atom. The van der Waals surface area contributed by atoms with Crippen LogP contribution in [0, 0.1) is 0 Å². The number of ether oxygens (including phenoxy) is 1. The molecule has 0 aliphatic carbocycles. The first-order chi connectivity index (χ1) is 9.63. The Balaban J connectivity index is 2.13. The highest BCUT2D eigenvalue weighted by Gasteiger charge is 2.53. The molecule has 116 valence electrons. The van der Waals surface area contributed by atoms with Crippen LogP contribution in [0.25, 0.3) is 0 Å². The first-order valence-electron chi connectivity index (χ1n) is 6.21. The summed E-state index contributed by atoms with van der Waals surface area (Å²) in [6.45, 7) is 1.08. The van der Waals surface area contributed by atoms with Crippen molar-refractivity contribution < 1.29 is 22.7 Å². The Bertz CT molecular complexity index is 573. The molecule has 0 aromatic heterocycles. The molecule has 21 heavy (non-hydrogen) atoms. The second kappa shape index (κ2) is 5.49. The number of nitrogens with one attached hydrogen (secondary N) is 1. The SMILES string of the molecule is CC(N)(C(=O)NCc1cc(Br)cc2c1OCC2)C(F)(F)F. The molecule has 1 aliphatic rings. The van der Waals surface area contributed by atoms with Gasteiger partial charge in [0.25, 0.3) is 0 Å². The summed E-state index contributed by atoms with van der Waals surface area (Å²) < 4.78 is 44.2. The lowest BCUT2D eigenvalue weighted by Crippen LogP contribution is -2.61. The average molecular weight is 367 g/mol. The summed E-state index contributed by atoms with van der Waals surface area (Å²) in [7, 11) is 0. The molecular formula is C13H14BrF3N2O2. The smallest absolute Gasteiger partial charge is 0.415 e. The first kappa shape index (κ1) is 16.1. The number of fused-ring (bicyclic) bond motifs is 1. The number of hydrogen-bond acceptors (Lipinski definition) is 3. The van der Waals surface area contributed by atoms with Crippen molar-refractivity contribution in [3.63, 3.8) is 0 Å². The molecule has 1 heterocycles. The van der Waals surface area contributed by atoms with Gasteiger partial charge in [0.05, 0.1) is 6.61 Å². The minimum Gasteiger partial charge on any atom is -0.493 e. The van der Waals surface area contributed by atoms with Crippen molar-refractivity contribution in [2.45, 2.75) is 31.6 Å². The normalized spacial score (nSPS) is 16.9. The number of alkyl halides is 3. The van der Waals surface area contributed by atoms with Crippen LogP contribution in [-0.4, -0.2) is 24.2 Å². The van der Waals surface area contributed by atoms with Crippen molar-refractivity contribution in [1.82, 2.24) is 5.32 Å². The third kappa shape index (κ3) is 3.16. The molecule has 1 unspecified atom stereocenters. The number of rotatable bonds is 3. The van der Waals surface area contributed by atoms with E-state index in [1.54, 1.807) is 6.07 Å². The molecule has 0 saturated carbocycles. The van der Waals surface area contributed by atoms with E-state index in [0.29, 0.717) is 24.8 Å². The van der Waals surface area contributed by atoms with Crippen LogP contribution in [0.1, 0.15) is 18.1 Å². The van der Waals surface area contributed by atoms with E-state index < -0.39 is 17.6 Å². The Labute approximate surface area is 128 Å². The number of nitrogens with two attached hydrogens (primary N) is 1. The largest absolute Gasteiger partial charge is 0.493 e. The van der Waals surface area contributed by atoms with Crippen LogP contribution in [0.5, 0.6) is 5.75 Å². The van der Waals surface area contributed by atoms with Crippen molar-refractivity contribution in [3.8, 4) is 5.75 Å². The van der Waals surface area contributed by atoms with Crippen LogP contribution < -0.4 is 15.8 Å². The highest BCUT2D eigenvalue weighted by Crippen LogP contribution is 2.33. The van der Waals surface area contributed by atoms with Gasteiger partial charge < -0.3 is 15.8 Å². The molecule has 1 atom stereocenters. The van der Waals surface area contributed by atoms with Gasteiger partial charge in [0.1, 0.15) is 5.75 Å². The topological polar surface area (TPSA) is 64.4 Å². The van der Waals surface area contributed by atoms with Gasteiger partial charge in [-0.3, -0.25) is 4.79 Å². The molecule has 4 nitrogen and oxygen atoms in total. The fraction of sp³-hybridized carbons (Fsp3) is 0.462. The van der Waals surface area contributed by atoms with Crippen molar-refractivity contribution in [2.75, 3.05) is 6.61 Å². The Morgan fingerprint density at radius 2 is 2.14 bits per heavy atom. The van der Waals surface area contributed by atoms with Crippen LogP contribution in [0.15, 0.2) is 16.6 Å². The third-order valence-corrected chi connectivity index (χ3v) is 3.78. The molecule has 8 heteroatoms. The summed E-state index contributed by atoms with van der Waals surface area (Å²) >= 11 is 3.32. The highest BCUT2D eigenvalue weighted by atomic mass is 79.9. The number of hydrogen-bond donors (Lipinski definition) is 2. The first-order valence-corrected chi connectivity index (χ1v) is 7.00. The standard InChI is InChI=1S/C13H14BrF3N2O2/c1-12(18,13(15,16)17)11(20)19-6-8-5-9(14)4-7-2-3-21-10(7)8/h4-5H,2-3,6,18H2,1H3,(H,19,20). The van der Waals surface area contributed by atoms with E-state index in [0.717, 1.165) is 16.5 Å². The maximum atomic E-state index is 12.7. The number of carbonyl (C=O) groups is 1. The molecule has 0 fully saturated rings. The minimum absolute atomic E-state index is 0.0799. The molecule has 1 aromatic rings. The molecular weight excluding hydrogens is 353 g/mol. The third-order valence-electron chi connectivity index (χ3n) is 3.33. The Morgan fingerprint density at radius 1 is 1.48 bits per heavy atom. The molecule has 0 radical (unpaired) electrons. The van der Waals surface area contributed by atoms with Crippen molar-refractivity contribution >= 4 is 21.8 Å². The number of amides is 1. The summed E-state index contributed by atoms with van der Waals surface area (Å²) in [6, 6.07) is 3.59. The average Bonchev–Trinajstić information content (AvgIpc) is 2.81. The maximum absolute atomic E-state index is 12.7. The highest BCUT2D eigenvalue weighted by molar-refractivity contribution is 9.10. The predicted molar refractivity (Wildman–Crippen MR) is 73.8 cm³/mol. The molecule has 1 aliphatic heterocycles. The van der Waals surface area contributed by atoms with Gasteiger partial charge in [0.15, 0.2) is 5.54 Å². The van der Waals surface area contributed by atoms with Gasteiger partial charge in [-0.1, -0.05) is 15.9 Å². The van der Waals surface area contributed by atoms with E-state index in [9.17, 15) is 18.0 Å². The molecule has 2 rings (SSSR count). The predicted octanol–water partition coefficient (Wildman–Crippen LogP) is 2.28. The number of carbonyl (C=O) groups excluding carboxylic acids is 1. The van der Waals surface area contributed by atoms with Crippen LogP contribution in [0.4, 0.5) is 13.2 Å². The van der Waals surface area contributed by atoms with Gasteiger partial charge in [-0.15, -0.1) is 0 Å². The lowest BCUT2D eigenvalue weighted by Gasteiger charge is -2.26. The van der Waals surface area contributed by atoms with Crippen molar-refractivity contribution in [2.24, 2.45) is 5.73 Å². The lowest BCUT2D eigenvalue weighted by atomic mass is 10.0. The molecule has 0 saturated heterocycles. The van der Waals surface area contributed by atoms with Crippen LogP contribution >= 0.6 is 15.9 Å². The fourth-order valence-electron chi connectivity index (χ4n) is 1.97. The van der Waals surface area contributed by atoms with E-state index in [-0.39, 0.29) is 6.54 Å².